The number of rotatable bonds is 8. The standard InChI is InChI=1S/C13H25NO5S/c1-5-6-8-20(18)9-7-10(11(15)16)14-12(17)19-13(2,3)4/h10H,5-9H2,1-4H3,(H,14,17)(H,15,16)/t10-,20?/m0/s1. The molecule has 6 nitrogen and oxygen atoms in total. The highest BCUT2D eigenvalue weighted by Crippen LogP contribution is 2.07. The summed E-state index contributed by atoms with van der Waals surface area (Å²) in [6, 6.07) is -1.07. The summed E-state index contributed by atoms with van der Waals surface area (Å²) in [4.78, 5) is 22.6. The maximum absolute atomic E-state index is 11.6. The van der Waals surface area contributed by atoms with Gasteiger partial charge < -0.3 is 15.2 Å². The molecule has 0 aromatic heterocycles. The minimum atomic E-state index is -1.15. The summed E-state index contributed by atoms with van der Waals surface area (Å²) in [7, 11) is -1.05. The van der Waals surface area contributed by atoms with Crippen LogP contribution < -0.4 is 5.32 Å². The Hall–Kier alpha value is -1.11. The lowest BCUT2D eigenvalue weighted by Crippen LogP contribution is -2.44. The fourth-order valence-corrected chi connectivity index (χ4v) is 2.68. The van der Waals surface area contributed by atoms with E-state index in [2.05, 4.69) is 5.32 Å². The van der Waals surface area contributed by atoms with Crippen molar-refractivity contribution in [2.45, 2.75) is 58.6 Å². The number of hydrogen-bond acceptors (Lipinski definition) is 4. The Morgan fingerprint density at radius 3 is 2.35 bits per heavy atom. The molecule has 0 rings (SSSR count). The van der Waals surface area contributed by atoms with Gasteiger partial charge in [-0.25, -0.2) is 9.59 Å². The van der Waals surface area contributed by atoms with Crippen molar-refractivity contribution in [3.8, 4) is 0 Å². The van der Waals surface area contributed by atoms with E-state index < -0.39 is 34.5 Å². The van der Waals surface area contributed by atoms with E-state index in [1.54, 1.807) is 20.8 Å². The smallest absolute Gasteiger partial charge is 0.408 e. The van der Waals surface area contributed by atoms with Crippen molar-refractivity contribution < 1.29 is 23.6 Å². The number of unbranched alkanes of at least 4 members (excludes halogenated alkanes) is 1. The summed E-state index contributed by atoms with van der Waals surface area (Å²) in [5, 5.41) is 11.3. The molecule has 7 heteroatoms. The summed E-state index contributed by atoms with van der Waals surface area (Å²) in [5.74, 6) is -0.328. The fraction of sp³-hybridized carbons (Fsp3) is 0.846. The van der Waals surface area contributed by atoms with Gasteiger partial charge in [0.2, 0.25) is 0 Å². The number of carbonyl (C=O) groups is 2. The molecule has 0 aromatic rings. The van der Waals surface area contributed by atoms with Crippen LogP contribution >= 0.6 is 0 Å². The Morgan fingerprint density at radius 2 is 1.90 bits per heavy atom. The topological polar surface area (TPSA) is 92.7 Å². The largest absolute Gasteiger partial charge is 0.480 e. The molecule has 0 fully saturated rings. The van der Waals surface area contributed by atoms with E-state index in [-0.39, 0.29) is 12.2 Å². The Kier molecular flexibility index (Phi) is 8.45. The molecule has 1 amide bonds. The third-order valence-corrected chi connectivity index (χ3v) is 3.78. The zero-order chi connectivity index (χ0) is 15.8. The van der Waals surface area contributed by atoms with E-state index >= 15 is 0 Å². The maximum Gasteiger partial charge on any atom is 0.408 e. The number of carboxylic acid groups (broad SMARTS) is 1. The predicted octanol–water partition coefficient (Wildman–Crippen LogP) is 1.90. The molecule has 0 aliphatic rings. The summed E-state index contributed by atoms with van der Waals surface area (Å²) >= 11 is 0. The predicted molar refractivity (Wildman–Crippen MR) is 78.2 cm³/mol. The summed E-state index contributed by atoms with van der Waals surface area (Å²) in [5.41, 5.74) is -0.683. The first-order chi connectivity index (χ1) is 9.15. The highest BCUT2D eigenvalue weighted by molar-refractivity contribution is 7.84. The quantitative estimate of drug-likeness (QED) is 0.714. The van der Waals surface area contributed by atoms with Crippen LogP contribution in [0.1, 0.15) is 47.0 Å². The van der Waals surface area contributed by atoms with Crippen molar-refractivity contribution in [1.29, 1.82) is 0 Å². The molecular weight excluding hydrogens is 282 g/mol. The highest BCUT2D eigenvalue weighted by Gasteiger charge is 2.24. The molecule has 118 valence electrons. The van der Waals surface area contributed by atoms with Crippen molar-refractivity contribution in [3.63, 3.8) is 0 Å². The molecule has 0 aliphatic carbocycles. The van der Waals surface area contributed by atoms with E-state index in [0.29, 0.717) is 5.75 Å². The van der Waals surface area contributed by atoms with Crippen LogP contribution in [-0.2, 0) is 20.3 Å². The second-order valence-electron chi connectivity index (χ2n) is 5.53. The Labute approximate surface area is 122 Å². The van der Waals surface area contributed by atoms with Crippen molar-refractivity contribution in [1.82, 2.24) is 5.32 Å². The third kappa shape index (κ3) is 9.77. The lowest BCUT2D eigenvalue weighted by atomic mass is 10.2. The van der Waals surface area contributed by atoms with E-state index in [4.69, 9.17) is 9.84 Å². The molecule has 0 saturated carbocycles. The van der Waals surface area contributed by atoms with Gasteiger partial charge in [0, 0.05) is 22.3 Å². The highest BCUT2D eigenvalue weighted by atomic mass is 32.2. The molecule has 0 aromatic carbocycles. The molecule has 0 heterocycles. The Bertz CT molecular complexity index is 351. The molecule has 0 bridgehead atoms. The summed E-state index contributed by atoms with van der Waals surface area (Å²) in [6.45, 7) is 7.09. The molecule has 1 unspecified atom stereocenters. The molecule has 0 aliphatic heterocycles. The van der Waals surface area contributed by atoms with Gasteiger partial charge in [-0.1, -0.05) is 13.3 Å². The summed E-state index contributed by atoms with van der Waals surface area (Å²) in [6.07, 6.45) is 1.16. The van der Waals surface area contributed by atoms with Crippen LogP contribution in [0.2, 0.25) is 0 Å². The van der Waals surface area contributed by atoms with Crippen LogP contribution in [0.15, 0.2) is 0 Å². The van der Waals surface area contributed by atoms with Gasteiger partial charge in [-0.2, -0.15) is 0 Å². The molecule has 0 saturated heterocycles. The Morgan fingerprint density at radius 1 is 1.30 bits per heavy atom. The van der Waals surface area contributed by atoms with Gasteiger partial charge in [0.1, 0.15) is 11.6 Å². The number of aliphatic carboxylic acids is 1. The average Bonchev–Trinajstić information content (AvgIpc) is 2.29. The fourth-order valence-electron chi connectivity index (χ4n) is 1.36. The number of carbonyl (C=O) groups excluding carboxylic acids is 1. The second-order valence-corrected chi connectivity index (χ2v) is 7.22. The third-order valence-electron chi connectivity index (χ3n) is 2.35. The first-order valence-corrected chi connectivity index (χ1v) is 8.21. The van der Waals surface area contributed by atoms with Crippen LogP contribution in [0.3, 0.4) is 0 Å². The molecule has 0 radical (unpaired) electrons. The van der Waals surface area contributed by atoms with Crippen molar-refractivity contribution in [2.75, 3.05) is 11.5 Å². The molecule has 2 atom stereocenters. The lowest BCUT2D eigenvalue weighted by molar-refractivity contribution is -0.139. The van der Waals surface area contributed by atoms with Crippen LogP contribution in [-0.4, -0.2) is 44.5 Å². The van der Waals surface area contributed by atoms with Gasteiger partial charge in [-0.15, -0.1) is 0 Å². The summed E-state index contributed by atoms with van der Waals surface area (Å²) < 4.78 is 16.6. The number of hydrogen-bond donors (Lipinski definition) is 2. The molecule has 20 heavy (non-hydrogen) atoms. The lowest BCUT2D eigenvalue weighted by Gasteiger charge is -2.21. The van der Waals surface area contributed by atoms with Crippen LogP contribution in [0.4, 0.5) is 4.79 Å². The molecular formula is C13H25NO5S. The van der Waals surface area contributed by atoms with Crippen molar-refractivity contribution >= 4 is 22.9 Å². The van der Waals surface area contributed by atoms with Gasteiger partial charge in [0.15, 0.2) is 0 Å². The van der Waals surface area contributed by atoms with Gasteiger partial charge in [-0.05, 0) is 33.6 Å². The number of alkyl carbamates (subject to hydrolysis) is 1. The number of amides is 1. The van der Waals surface area contributed by atoms with Crippen molar-refractivity contribution in [3.05, 3.63) is 0 Å². The molecule has 2 N–H and O–H groups in total. The van der Waals surface area contributed by atoms with Gasteiger partial charge >= 0.3 is 12.1 Å². The van der Waals surface area contributed by atoms with Crippen LogP contribution in [0.5, 0.6) is 0 Å². The minimum absolute atomic E-state index is 0.130. The Balaban J connectivity index is 4.27. The van der Waals surface area contributed by atoms with Gasteiger partial charge in [0.05, 0.1) is 0 Å². The van der Waals surface area contributed by atoms with E-state index in [0.717, 1.165) is 12.8 Å². The van der Waals surface area contributed by atoms with E-state index in [1.165, 1.54) is 0 Å². The van der Waals surface area contributed by atoms with E-state index in [9.17, 15) is 13.8 Å². The first-order valence-electron chi connectivity index (χ1n) is 6.73. The maximum atomic E-state index is 11.6. The zero-order valence-electron chi connectivity index (χ0n) is 12.6. The number of ether oxygens (including phenoxy) is 1. The van der Waals surface area contributed by atoms with Crippen molar-refractivity contribution in [2.24, 2.45) is 0 Å². The minimum Gasteiger partial charge on any atom is -0.480 e. The molecule has 0 spiro atoms. The number of nitrogens with one attached hydrogen (secondary N) is 1. The normalized spacial score (nSPS) is 14.4. The van der Waals surface area contributed by atoms with Crippen LogP contribution in [0, 0.1) is 0 Å². The van der Waals surface area contributed by atoms with Gasteiger partial charge in [0.25, 0.3) is 0 Å². The average molecular weight is 307 g/mol. The first kappa shape index (κ1) is 18.9. The van der Waals surface area contributed by atoms with Gasteiger partial charge in [-0.3, -0.25) is 4.21 Å². The van der Waals surface area contributed by atoms with E-state index in [1.807, 2.05) is 6.92 Å². The second kappa shape index (κ2) is 8.94. The zero-order valence-corrected chi connectivity index (χ0v) is 13.4. The number of carboxylic acids is 1. The SMILES string of the molecule is CCCCS(=O)CC[C@H](NC(=O)OC(C)(C)C)C(=O)O. The van der Waals surface area contributed by atoms with Crippen LogP contribution in [0.25, 0.3) is 0 Å². The monoisotopic (exact) mass is 307 g/mol.